The maximum Gasteiger partial charge on any atom is 0.127 e. The Hall–Kier alpha value is -1.54. The van der Waals surface area contributed by atoms with Crippen molar-refractivity contribution in [2.75, 3.05) is 0 Å². The van der Waals surface area contributed by atoms with E-state index >= 15 is 0 Å². The first-order chi connectivity index (χ1) is 7.79. The first-order valence-electron chi connectivity index (χ1n) is 4.71. The Morgan fingerprint density at radius 3 is 2.56 bits per heavy atom. The second-order valence-corrected chi connectivity index (χ2v) is 4.44. The van der Waals surface area contributed by atoms with E-state index in [0.29, 0.717) is 11.3 Å². The molecule has 0 bridgehead atoms. The molecule has 0 aliphatic carbocycles. The molecule has 0 fully saturated rings. The van der Waals surface area contributed by atoms with Crippen molar-refractivity contribution in [3.8, 4) is 6.07 Å². The quantitative estimate of drug-likeness (QED) is 0.620. The summed E-state index contributed by atoms with van der Waals surface area (Å²) >= 11 is 2.23. The van der Waals surface area contributed by atoms with Crippen molar-refractivity contribution in [3.63, 3.8) is 0 Å². The zero-order chi connectivity index (χ0) is 11.4. The van der Waals surface area contributed by atoms with Crippen LogP contribution >= 0.6 is 22.6 Å². The summed E-state index contributed by atoms with van der Waals surface area (Å²) < 4.78 is 6.33. The second kappa shape index (κ2) is 4.99. The number of halogens is 1. The molecule has 78 valence electrons. The lowest BCUT2D eigenvalue weighted by Crippen LogP contribution is -1.81. The molecule has 2 aromatic rings. The van der Waals surface area contributed by atoms with Gasteiger partial charge in [-0.05, 0) is 58.5 Å². The minimum atomic E-state index is 0.603. The molecule has 0 saturated carbocycles. The van der Waals surface area contributed by atoms with Crippen LogP contribution in [0, 0.1) is 14.9 Å². The van der Waals surface area contributed by atoms with Crippen LogP contribution in [0.5, 0.6) is 0 Å². The number of benzene rings is 1. The number of nitriles is 1. The van der Waals surface area contributed by atoms with Crippen LogP contribution in [0.2, 0.25) is 0 Å². The summed E-state index contributed by atoms with van der Waals surface area (Å²) in [6.45, 7) is 0. The van der Waals surface area contributed by atoms with E-state index in [4.69, 9.17) is 9.68 Å². The number of furan rings is 1. The van der Waals surface area contributed by atoms with Gasteiger partial charge in [0.15, 0.2) is 0 Å². The highest BCUT2D eigenvalue weighted by Crippen LogP contribution is 2.18. The van der Waals surface area contributed by atoms with Crippen LogP contribution in [0.15, 0.2) is 47.1 Å². The fourth-order valence-corrected chi connectivity index (χ4v) is 1.68. The molecule has 0 spiro atoms. The minimum Gasteiger partial charge on any atom is -0.465 e. The highest BCUT2D eigenvalue weighted by atomic mass is 127. The first kappa shape index (κ1) is 11.0. The van der Waals surface area contributed by atoms with Crippen LogP contribution in [0.1, 0.15) is 11.3 Å². The molecule has 1 aromatic carbocycles. The molecule has 3 heteroatoms. The van der Waals surface area contributed by atoms with Gasteiger partial charge in [-0.15, -0.1) is 0 Å². The smallest absolute Gasteiger partial charge is 0.127 e. The van der Waals surface area contributed by atoms with E-state index in [9.17, 15) is 0 Å². The zero-order valence-corrected chi connectivity index (χ0v) is 10.5. The van der Waals surface area contributed by atoms with E-state index in [-0.39, 0.29) is 0 Å². The van der Waals surface area contributed by atoms with Crippen LogP contribution in [0.25, 0.3) is 11.6 Å². The average molecular weight is 321 g/mol. The molecule has 2 nitrogen and oxygen atoms in total. The van der Waals surface area contributed by atoms with Gasteiger partial charge >= 0.3 is 0 Å². The van der Waals surface area contributed by atoms with Crippen molar-refractivity contribution in [3.05, 3.63) is 57.6 Å². The van der Waals surface area contributed by atoms with Crippen molar-refractivity contribution in [2.24, 2.45) is 0 Å². The highest BCUT2D eigenvalue weighted by Gasteiger charge is 2.01. The van der Waals surface area contributed by atoms with Gasteiger partial charge in [0.1, 0.15) is 5.76 Å². The lowest BCUT2D eigenvalue weighted by molar-refractivity contribution is 0.557. The van der Waals surface area contributed by atoms with Crippen molar-refractivity contribution >= 4 is 34.2 Å². The Bertz CT molecular complexity index is 532. The van der Waals surface area contributed by atoms with E-state index in [1.54, 1.807) is 18.4 Å². The lowest BCUT2D eigenvalue weighted by Gasteiger charge is -1.98. The zero-order valence-electron chi connectivity index (χ0n) is 8.35. The largest absolute Gasteiger partial charge is 0.465 e. The molecule has 0 atom stereocenters. The van der Waals surface area contributed by atoms with E-state index in [2.05, 4.69) is 28.7 Å². The van der Waals surface area contributed by atoms with Gasteiger partial charge < -0.3 is 4.42 Å². The molecule has 0 amide bonds. The van der Waals surface area contributed by atoms with E-state index in [1.807, 2.05) is 30.3 Å². The number of hydrogen-bond acceptors (Lipinski definition) is 2. The summed E-state index contributed by atoms with van der Waals surface area (Å²) in [6.07, 6.45) is 3.33. The van der Waals surface area contributed by atoms with Gasteiger partial charge in [0, 0.05) is 3.57 Å². The van der Waals surface area contributed by atoms with Crippen LogP contribution in [-0.4, -0.2) is 0 Å². The van der Waals surface area contributed by atoms with Gasteiger partial charge in [-0.2, -0.15) is 5.26 Å². The van der Waals surface area contributed by atoms with E-state index < -0.39 is 0 Å². The van der Waals surface area contributed by atoms with Crippen LogP contribution in [0.4, 0.5) is 0 Å². The summed E-state index contributed by atoms with van der Waals surface area (Å²) in [6, 6.07) is 13.6. The highest BCUT2D eigenvalue weighted by molar-refractivity contribution is 14.1. The van der Waals surface area contributed by atoms with Crippen molar-refractivity contribution in [1.82, 2.24) is 0 Å². The Morgan fingerprint density at radius 1 is 1.25 bits per heavy atom. The Balaban J connectivity index is 2.37. The Labute approximate surface area is 107 Å². The summed E-state index contributed by atoms with van der Waals surface area (Å²) in [5, 5.41) is 9.09. The SMILES string of the molecule is N#C/C(=C/c1ccco1)c1ccc(I)cc1. The maximum absolute atomic E-state index is 9.09. The van der Waals surface area contributed by atoms with Gasteiger partial charge in [0.05, 0.1) is 17.9 Å². The molecule has 1 aromatic heterocycles. The maximum atomic E-state index is 9.09. The lowest BCUT2D eigenvalue weighted by atomic mass is 10.1. The molecule has 1 heterocycles. The number of rotatable bonds is 2. The molecule has 0 N–H and O–H groups in total. The third-order valence-electron chi connectivity index (χ3n) is 2.11. The van der Waals surface area contributed by atoms with Crippen LogP contribution in [-0.2, 0) is 0 Å². The molecule has 0 saturated heterocycles. The summed E-state index contributed by atoms with van der Waals surface area (Å²) in [5.41, 5.74) is 1.51. The monoisotopic (exact) mass is 321 g/mol. The predicted molar refractivity (Wildman–Crippen MR) is 71.4 cm³/mol. The molecular weight excluding hydrogens is 313 g/mol. The van der Waals surface area contributed by atoms with Gasteiger partial charge in [0.25, 0.3) is 0 Å². The molecule has 0 aliphatic heterocycles. The minimum absolute atomic E-state index is 0.603. The third-order valence-corrected chi connectivity index (χ3v) is 2.82. The summed E-state index contributed by atoms with van der Waals surface area (Å²) in [4.78, 5) is 0. The molecule has 2 rings (SSSR count). The first-order valence-corrected chi connectivity index (χ1v) is 5.79. The Morgan fingerprint density at radius 2 is 2.00 bits per heavy atom. The van der Waals surface area contributed by atoms with Crippen molar-refractivity contribution in [1.29, 1.82) is 5.26 Å². The standard InChI is InChI=1S/C13H8INO/c14-12-5-3-10(4-6-12)11(9-15)8-13-2-1-7-16-13/h1-8H/b11-8-. The third kappa shape index (κ3) is 2.52. The fourth-order valence-electron chi connectivity index (χ4n) is 1.33. The number of hydrogen-bond donors (Lipinski definition) is 0. The molecule has 0 aliphatic rings. The van der Waals surface area contributed by atoms with Gasteiger partial charge in [-0.3, -0.25) is 0 Å². The second-order valence-electron chi connectivity index (χ2n) is 3.19. The molecule has 16 heavy (non-hydrogen) atoms. The van der Waals surface area contributed by atoms with Crippen molar-refractivity contribution in [2.45, 2.75) is 0 Å². The predicted octanol–water partition coefficient (Wildman–Crippen LogP) is 3.95. The topological polar surface area (TPSA) is 36.9 Å². The van der Waals surface area contributed by atoms with E-state index in [1.165, 1.54) is 0 Å². The number of allylic oxidation sites excluding steroid dienone is 1. The molecule has 0 unspecified atom stereocenters. The van der Waals surface area contributed by atoms with Crippen LogP contribution < -0.4 is 0 Å². The summed E-state index contributed by atoms with van der Waals surface area (Å²) in [7, 11) is 0. The Kier molecular flexibility index (Phi) is 3.42. The van der Waals surface area contributed by atoms with E-state index in [0.717, 1.165) is 9.13 Å². The van der Waals surface area contributed by atoms with Gasteiger partial charge in [-0.1, -0.05) is 12.1 Å². The summed E-state index contributed by atoms with van der Waals surface area (Å²) in [5.74, 6) is 0.690. The van der Waals surface area contributed by atoms with Gasteiger partial charge in [-0.25, -0.2) is 0 Å². The molecule has 0 radical (unpaired) electrons. The normalized spacial score (nSPS) is 11.1. The van der Waals surface area contributed by atoms with Crippen LogP contribution in [0.3, 0.4) is 0 Å². The fraction of sp³-hybridized carbons (Fsp3) is 0. The number of nitrogens with zero attached hydrogens (tertiary/aromatic N) is 1. The molecular formula is C13H8INO. The van der Waals surface area contributed by atoms with Gasteiger partial charge in [0.2, 0.25) is 0 Å². The van der Waals surface area contributed by atoms with Crippen molar-refractivity contribution < 1.29 is 4.42 Å². The average Bonchev–Trinajstić information content (AvgIpc) is 2.80.